The van der Waals surface area contributed by atoms with Crippen LogP contribution in [0.4, 0.5) is 0 Å². The lowest BCUT2D eigenvalue weighted by atomic mass is 9.93. The number of rotatable bonds is 4. The number of hydrogen-bond acceptors (Lipinski definition) is 3. The fourth-order valence-corrected chi connectivity index (χ4v) is 2.23. The van der Waals surface area contributed by atoms with E-state index in [1.165, 1.54) is 0 Å². The van der Waals surface area contributed by atoms with Gasteiger partial charge in [-0.1, -0.05) is 0 Å². The molecule has 0 bridgehead atoms. The second kappa shape index (κ2) is 4.10. The van der Waals surface area contributed by atoms with Crippen molar-refractivity contribution in [2.75, 3.05) is 13.2 Å². The van der Waals surface area contributed by atoms with E-state index < -0.39 is 5.97 Å². The first kappa shape index (κ1) is 10.9. The van der Waals surface area contributed by atoms with Crippen LogP contribution in [0.2, 0.25) is 0 Å². The molecule has 2 unspecified atom stereocenters. The standard InChI is InChI=1S/C11H19NO3/c1-11(5-2-6-15-7-11)12-9(10(13)14)8-3-4-8/h8-9,12H,2-7H2,1H3,(H,13,14). The third-order valence-electron chi connectivity index (χ3n) is 3.30. The molecule has 0 aromatic rings. The van der Waals surface area contributed by atoms with Gasteiger partial charge in [-0.2, -0.15) is 0 Å². The van der Waals surface area contributed by atoms with Gasteiger partial charge in [-0.15, -0.1) is 0 Å². The molecule has 0 amide bonds. The number of ether oxygens (including phenoxy) is 1. The van der Waals surface area contributed by atoms with Crippen LogP contribution in [0.3, 0.4) is 0 Å². The van der Waals surface area contributed by atoms with Gasteiger partial charge in [0.1, 0.15) is 6.04 Å². The number of nitrogens with one attached hydrogen (secondary N) is 1. The van der Waals surface area contributed by atoms with Crippen molar-refractivity contribution in [1.82, 2.24) is 5.32 Å². The summed E-state index contributed by atoms with van der Waals surface area (Å²) in [7, 11) is 0. The Labute approximate surface area is 90.0 Å². The van der Waals surface area contributed by atoms with Crippen LogP contribution < -0.4 is 5.32 Å². The maximum absolute atomic E-state index is 11.1. The van der Waals surface area contributed by atoms with Crippen molar-refractivity contribution in [3.8, 4) is 0 Å². The lowest BCUT2D eigenvalue weighted by Gasteiger charge is -2.36. The van der Waals surface area contributed by atoms with E-state index in [4.69, 9.17) is 9.84 Å². The first-order valence-corrected chi connectivity index (χ1v) is 5.69. The van der Waals surface area contributed by atoms with Crippen molar-refractivity contribution in [2.45, 2.75) is 44.2 Å². The molecule has 1 aliphatic heterocycles. The molecule has 2 rings (SSSR count). The van der Waals surface area contributed by atoms with Crippen molar-refractivity contribution < 1.29 is 14.6 Å². The van der Waals surface area contributed by atoms with Crippen LogP contribution in [0, 0.1) is 5.92 Å². The van der Waals surface area contributed by atoms with Crippen LogP contribution in [0.5, 0.6) is 0 Å². The summed E-state index contributed by atoms with van der Waals surface area (Å²) in [5.41, 5.74) is -0.149. The minimum atomic E-state index is -0.718. The highest BCUT2D eigenvalue weighted by Gasteiger charge is 2.41. The number of carboxylic acids is 1. The molecular weight excluding hydrogens is 194 g/mol. The van der Waals surface area contributed by atoms with Gasteiger partial charge < -0.3 is 9.84 Å². The van der Waals surface area contributed by atoms with E-state index in [9.17, 15) is 4.79 Å². The van der Waals surface area contributed by atoms with Crippen LogP contribution >= 0.6 is 0 Å². The Balaban J connectivity index is 1.94. The van der Waals surface area contributed by atoms with Gasteiger partial charge in [0.05, 0.1) is 6.61 Å². The van der Waals surface area contributed by atoms with Gasteiger partial charge in [-0.05, 0) is 38.5 Å². The van der Waals surface area contributed by atoms with Crippen LogP contribution in [0.15, 0.2) is 0 Å². The maximum Gasteiger partial charge on any atom is 0.320 e. The van der Waals surface area contributed by atoms with Crippen molar-refractivity contribution in [2.24, 2.45) is 5.92 Å². The average molecular weight is 213 g/mol. The van der Waals surface area contributed by atoms with E-state index in [1.54, 1.807) is 0 Å². The quantitative estimate of drug-likeness (QED) is 0.731. The predicted octanol–water partition coefficient (Wildman–Crippen LogP) is 1.01. The van der Waals surface area contributed by atoms with Gasteiger partial charge in [0.15, 0.2) is 0 Å². The van der Waals surface area contributed by atoms with Crippen LogP contribution in [-0.2, 0) is 9.53 Å². The van der Waals surface area contributed by atoms with Crippen molar-refractivity contribution >= 4 is 5.97 Å². The van der Waals surface area contributed by atoms with E-state index >= 15 is 0 Å². The van der Waals surface area contributed by atoms with Gasteiger partial charge >= 0.3 is 5.97 Å². The highest BCUT2D eigenvalue weighted by molar-refractivity contribution is 5.74. The molecule has 2 aliphatic rings. The van der Waals surface area contributed by atoms with E-state index in [2.05, 4.69) is 12.2 Å². The molecular formula is C11H19NO3. The maximum atomic E-state index is 11.1. The van der Waals surface area contributed by atoms with Crippen molar-refractivity contribution in [3.63, 3.8) is 0 Å². The first-order valence-electron chi connectivity index (χ1n) is 5.69. The molecule has 4 heteroatoms. The lowest BCUT2D eigenvalue weighted by molar-refractivity contribution is -0.141. The molecule has 0 radical (unpaired) electrons. The molecule has 2 fully saturated rings. The van der Waals surface area contributed by atoms with Gasteiger partial charge in [-0.3, -0.25) is 10.1 Å². The van der Waals surface area contributed by atoms with Gasteiger partial charge in [0.25, 0.3) is 0 Å². The summed E-state index contributed by atoms with van der Waals surface area (Å²) in [5, 5.41) is 12.4. The molecule has 1 saturated carbocycles. The molecule has 2 atom stereocenters. The van der Waals surface area contributed by atoms with Gasteiger partial charge in [-0.25, -0.2) is 0 Å². The van der Waals surface area contributed by atoms with E-state index in [1.807, 2.05) is 0 Å². The number of carbonyl (C=O) groups is 1. The van der Waals surface area contributed by atoms with Crippen LogP contribution in [-0.4, -0.2) is 35.9 Å². The third-order valence-corrected chi connectivity index (χ3v) is 3.30. The molecule has 1 heterocycles. The summed E-state index contributed by atoms with van der Waals surface area (Å²) in [5.74, 6) is -0.384. The molecule has 1 aliphatic carbocycles. The molecule has 1 saturated heterocycles. The predicted molar refractivity (Wildman–Crippen MR) is 55.7 cm³/mol. The molecule has 0 aromatic carbocycles. The van der Waals surface area contributed by atoms with E-state index in [-0.39, 0.29) is 11.6 Å². The molecule has 0 aromatic heterocycles. The second-order valence-electron chi connectivity index (χ2n) is 5.01. The van der Waals surface area contributed by atoms with E-state index in [0.717, 1.165) is 32.3 Å². The minimum Gasteiger partial charge on any atom is -0.480 e. The Kier molecular flexibility index (Phi) is 2.98. The summed E-state index contributed by atoms with van der Waals surface area (Å²) in [4.78, 5) is 11.1. The molecule has 0 spiro atoms. The zero-order valence-electron chi connectivity index (χ0n) is 9.16. The second-order valence-corrected chi connectivity index (χ2v) is 5.01. The minimum absolute atomic E-state index is 0.149. The fraction of sp³-hybridized carbons (Fsp3) is 0.909. The summed E-state index contributed by atoms with van der Waals surface area (Å²) in [6.07, 6.45) is 4.10. The highest BCUT2D eigenvalue weighted by Crippen LogP contribution is 2.34. The Bertz CT molecular complexity index is 244. The van der Waals surface area contributed by atoms with Crippen LogP contribution in [0.1, 0.15) is 32.6 Å². The SMILES string of the molecule is CC1(NC(C(=O)O)C2CC2)CCCOC1. The van der Waals surface area contributed by atoms with Crippen molar-refractivity contribution in [1.29, 1.82) is 0 Å². The fourth-order valence-electron chi connectivity index (χ4n) is 2.23. The van der Waals surface area contributed by atoms with Gasteiger partial charge in [0.2, 0.25) is 0 Å². The summed E-state index contributed by atoms with van der Waals surface area (Å²) >= 11 is 0. The molecule has 86 valence electrons. The number of aliphatic carboxylic acids is 1. The monoisotopic (exact) mass is 213 g/mol. The summed E-state index contributed by atoms with van der Waals surface area (Å²) in [6.45, 7) is 3.49. The van der Waals surface area contributed by atoms with E-state index in [0.29, 0.717) is 12.5 Å². The van der Waals surface area contributed by atoms with Crippen LogP contribution in [0.25, 0.3) is 0 Å². The lowest BCUT2D eigenvalue weighted by Crippen LogP contribution is -2.56. The average Bonchev–Trinajstić information content (AvgIpc) is 2.98. The third kappa shape index (κ3) is 2.69. The Morgan fingerprint density at radius 3 is 2.80 bits per heavy atom. The normalized spacial score (nSPS) is 33.7. The Hall–Kier alpha value is -0.610. The Morgan fingerprint density at radius 1 is 1.60 bits per heavy atom. The number of hydrogen-bond donors (Lipinski definition) is 2. The summed E-state index contributed by atoms with van der Waals surface area (Å²) in [6, 6.07) is -0.378. The zero-order valence-corrected chi connectivity index (χ0v) is 9.16. The van der Waals surface area contributed by atoms with Crippen molar-refractivity contribution in [3.05, 3.63) is 0 Å². The zero-order chi connectivity index (χ0) is 10.9. The highest BCUT2D eigenvalue weighted by atomic mass is 16.5. The largest absolute Gasteiger partial charge is 0.480 e. The topological polar surface area (TPSA) is 58.6 Å². The van der Waals surface area contributed by atoms with Gasteiger partial charge in [0, 0.05) is 12.1 Å². The Morgan fingerprint density at radius 2 is 2.33 bits per heavy atom. The smallest absolute Gasteiger partial charge is 0.320 e. The number of carboxylic acid groups (broad SMARTS) is 1. The molecule has 2 N–H and O–H groups in total. The molecule has 15 heavy (non-hydrogen) atoms. The summed E-state index contributed by atoms with van der Waals surface area (Å²) < 4.78 is 5.41. The molecule has 4 nitrogen and oxygen atoms in total. The first-order chi connectivity index (χ1) is 7.11.